The molecule has 6 rings (SSSR count). The maximum atomic E-state index is 17.4. The van der Waals surface area contributed by atoms with E-state index in [4.69, 9.17) is 4.84 Å². The van der Waals surface area contributed by atoms with E-state index >= 15 is 8.78 Å². The van der Waals surface area contributed by atoms with E-state index in [1.165, 1.54) is 12.2 Å². The Morgan fingerprint density at radius 2 is 2.00 bits per heavy atom. The van der Waals surface area contributed by atoms with Crippen molar-refractivity contribution in [1.82, 2.24) is 5.06 Å². The van der Waals surface area contributed by atoms with Crippen molar-refractivity contribution in [3.63, 3.8) is 0 Å². The third kappa shape index (κ3) is 2.97. The van der Waals surface area contributed by atoms with Crippen molar-refractivity contribution >= 4 is 17.3 Å². The van der Waals surface area contributed by atoms with Gasteiger partial charge in [-0.2, -0.15) is 5.06 Å². The number of nitrogens with zero attached hydrogens (tertiary/aromatic N) is 1. The van der Waals surface area contributed by atoms with E-state index in [1.54, 1.807) is 18.9 Å². The summed E-state index contributed by atoms with van der Waals surface area (Å²) in [6.07, 6.45) is 3.66. The molecule has 2 N–H and O–H groups in total. The SMILES string of the molecule is CC12C=CC(=O)C=C1C(F)CC1C3CC4CN(CC5=CCCC5=O)OC4(C(=O)CO)C3(C)CC(O)C12F. The van der Waals surface area contributed by atoms with Gasteiger partial charge in [0.15, 0.2) is 28.6 Å². The second-order valence-corrected chi connectivity index (χ2v) is 12.2. The van der Waals surface area contributed by atoms with Gasteiger partial charge in [-0.15, -0.1) is 0 Å². The van der Waals surface area contributed by atoms with E-state index in [1.807, 2.05) is 6.08 Å². The first-order valence-corrected chi connectivity index (χ1v) is 13.2. The molecule has 0 amide bonds. The summed E-state index contributed by atoms with van der Waals surface area (Å²) in [6.45, 7) is 3.07. The second kappa shape index (κ2) is 7.97. The molecule has 0 aromatic heterocycles. The normalized spacial score (nSPS) is 48.8. The van der Waals surface area contributed by atoms with E-state index in [-0.39, 0.29) is 30.7 Å². The minimum atomic E-state index is -2.24. The number of carbonyl (C=O) groups is 3. The molecule has 9 heteroatoms. The van der Waals surface area contributed by atoms with Gasteiger partial charge < -0.3 is 10.2 Å². The summed E-state index contributed by atoms with van der Waals surface area (Å²) in [6, 6.07) is 0. The molecule has 9 unspecified atom stereocenters. The molecule has 1 aliphatic heterocycles. The van der Waals surface area contributed by atoms with Crippen LogP contribution in [0.25, 0.3) is 0 Å². The highest BCUT2D eigenvalue weighted by Crippen LogP contribution is 2.72. The van der Waals surface area contributed by atoms with Gasteiger partial charge in [0.25, 0.3) is 0 Å². The monoisotopic (exact) mass is 517 g/mol. The quantitative estimate of drug-likeness (QED) is 0.590. The van der Waals surface area contributed by atoms with Gasteiger partial charge in [-0.25, -0.2) is 8.78 Å². The lowest BCUT2D eigenvalue weighted by Gasteiger charge is -2.63. The van der Waals surface area contributed by atoms with Gasteiger partial charge in [0, 0.05) is 41.2 Å². The van der Waals surface area contributed by atoms with Crippen molar-refractivity contribution in [3.8, 4) is 0 Å². The minimum Gasteiger partial charge on any atom is -0.390 e. The fraction of sp³-hybridized carbons (Fsp3) is 0.679. The number of hydrogen-bond donors (Lipinski definition) is 2. The van der Waals surface area contributed by atoms with Gasteiger partial charge in [-0.05, 0) is 56.3 Å². The zero-order valence-electron chi connectivity index (χ0n) is 21.1. The molecule has 0 aromatic rings. The average Bonchev–Trinajstić information content (AvgIpc) is 3.49. The van der Waals surface area contributed by atoms with Crippen LogP contribution in [0.2, 0.25) is 0 Å². The smallest absolute Gasteiger partial charge is 0.192 e. The molecule has 1 saturated heterocycles. The van der Waals surface area contributed by atoms with Gasteiger partial charge >= 0.3 is 0 Å². The minimum absolute atomic E-state index is 0.0369. The molecule has 3 saturated carbocycles. The molecular formula is C28H33F2NO6. The molecule has 0 spiro atoms. The fourth-order valence-corrected chi connectivity index (χ4v) is 9.03. The number of hydroxylamine groups is 2. The lowest BCUT2D eigenvalue weighted by Crippen LogP contribution is -2.70. The van der Waals surface area contributed by atoms with Crippen LogP contribution >= 0.6 is 0 Å². The van der Waals surface area contributed by atoms with Crippen LogP contribution in [0.1, 0.15) is 46.0 Å². The Morgan fingerprint density at radius 3 is 2.68 bits per heavy atom. The van der Waals surface area contributed by atoms with Crippen LogP contribution < -0.4 is 0 Å². The van der Waals surface area contributed by atoms with Crippen LogP contribution in [0.4, 0.5) is 8.78 Å². The lowest BCUT2D eigenvalue weighted by molar-refractivity contribution is -0.265. The summed E-state index contributed by atoms with van der Waals surface area (Å²) < 4.78 is 33.0. The molecule has 0 aromatic carbocycles. The van der Waals surface area contributed by atoms with Gasteiger partial charge in [0.05, 0.1) is 12.6 Å². The van der Waals surface area contributed by atoms with Gasteiger partial charge in [0.2, 0.25) is 0 Å². The van der Waals surface area contributed by atoms with Crippen molar-refractivity contribution in [2.45, 2.75) is 69.5 Å². The Kier molecular flexibility index (Phi) is 5.44. The van der Waals surface area contributed by atoms with Crippen molar-refractivity contribution in [2.75, 3.05) is 19.7 Å². The highest BCUT2D eigenvalue weighted by Gasteiger charge is 2.79. The zero-order chi connectivity index (χ0) is 26.5. The predicted molar refractivity (Wildman–Crippen MR) is 127 cm³/mol. The number of ketones is 3. The zero-order valence-corrected chi connectivity index (χ0v) is 21.1. The third-order valence-electron chi connectivity index (χ3n) is 10.7. The summed E-state index contributed by atoms with van der Waals surface area (Å²) in [5, 5.41) is 23.1. The summed E-state index contributed by atoms with van der Waals surface area (Å²) in [5.74, 6) is -2.76. The molecule has 5 aliphatic carbocycles. The van der Waals surface area contributed by atoms with Crippen LogP contribution in [-0.2, 0) is 19.2 Å². The van der Waals surface area contributed by atoms with E-state index in [9.17, 15) is 24.6 Å². The number of aliphatic hydroxyl groups excluding tert-OH is 2. The standard InChI is InChI=1S/C28H33F2NO6/c1-25-7-6-17(33)9-20(25)21(29)10-19-18-8-16-13-31(12-15-4-3-5-22(15)34)37-28(16,24(36)14-32)26(18,2)11-23(35)27(19,25)30/h4,6-7,9,16,18-19,21,23,32,35H,3,5,8,10-14H2,1-2H3. The molecular weight excluding hydrogens is 484 g/mol. The first-order chi connectivity index (χ1) is 17.4. The number of aliphatic hydroxyl groups is 2. The number of hydrogen-bond acceptors (Lipinski definition) is 7. The molecule has 200 valence electrons. The first-order valence-electron chi connectivity index (χ1n) is 13.2. The van der Waals surface area contributed by atoms with Crippen molar-refractivity contribution in [3.05, 3.63) is 35.5 Å². The molecule has 9 atom stereocenters. The maximum Gasteiger partial charge on any atom is 0.192 e. The highest BCUT2D eigenvalue weighted by molar-refractivity contribution is 6.01. The summed E-state index contributed by atoms with van der Waals surface area (Å²) in [4.78, 5) is 44.1. The van der Waals surface area contributed by atoms with Gasteiger partial charge in [-0.3, -0.25) is 19.2 Å². The number of carbonyl (C=O) groups excluding carboxylic acids is 3. The Morgan fingerprint density at radius 1 is 1.24 bits per heavy atom. The summed E-state index contributed by atoms with van der Waals surface area (Å²) in [5.41, 5.74) is -5.66. The number of alkyl halides is 2. The fourth-order valence-electron chi connectivity index (χ4n) is 9.03. The van der Waals surface area contributed by atoms with Gasteiger partial charge in [0.1, 0.15) is 12.8 Å². The molecule has 0 radical (unpaired) electrons. The van der Waals surface area contributed by atoms with Crippen LogP contribution in [0.5, 0.6) is 0 Å². The van der Waals surface area contributed by atoms with Crippen molar-refractivity contribution < 1.29 is 38.2 Å². The summed E-state index contributed by atoms with van der Waals surface area (Å²) >= 11 is 0. The Labute approximate surface area is 214 Å². The molecule has 1 heterocycles. The lowest BCUT2D eigenvalue weighted by atomic mass is 9.44. The number of fused-ring (bicyclic) bond motifs is 7. The van der Waals surface area contributed by atoms with E-state index in [0.29, 0.717) is 31.4 Å². The third-order valence-corrected chi connectivity index (χ3v) is 10.7. The molecule has 6 aliphatic rings. The van der Waals surface area contributed by atoms with Crippen LogP contribution in [0.3, 0.4) is 0 Å². The Hall–Kier alpha value is -2.07. The van der Waals surface area contributed by atoms with Crippen LogP contribution in [-0.4, -0.2) is 75.9 Å². The number of rotatable bonds is 4. The van der Waals surface area contributed by atoms with E-state index in [2.05, 4.69) is 0 Å². The highest BCUT2D eigenvalue weighted by atomic mass is 19.1. The van der Waals surface area contributed by atoms with E-state index in [0.717, 1.165) is 6.08 Å². The maximum absolute atomic E-state index is 17.4. The molecule has 4 fully saturated rings. The number of halogens is 2. The van der Waals surface area contributed by atoms with Crippen LogP contribution in [0, 0.1) is 28.6 Å². The molecule has 37 heavy (non-hydrogen) atoms. The van der Waals surface area contributed by atoms with Crippen molar-refractivity contribution in [1.29, 1.82) is 0 Å². The molecule has 0 bridgehead atoms. The predicted octanol–water partition coefficient (Wildman–Crippen LogP) is 2.37. The van der Waals surface area contributed by atoms with Crippen molar-refractivity contribution in [2.24, 2.45) is 28.6 Å². The summed E-state index contributed by atoms with van der Waals surface area (Å²) in [7, 11) is 0. The second-order valence-electron chi connectivity index (χ2n) is 12.2. The molecule has 7 nitrogen and oxygen atoms in total. The Balaban J connectivity index is 1.40. The average molecular weight is 518 g/mol. The first kappa shape index (κ1) is 25.2. The number of Topliss-reactive ketones (excluding diaryl/α,β-unsaturated/α-hetero) is 2. The van der Waals surface area contributed by atoms with E-state index < -0.39 is 70.3 Å². The topological polar surface area (TPSA) is 104 Å². The number of allylic oxidation sites excluding steroid dienone is 5. The largest absolute Gasteiger partial charge is 0.390 e. The van der Waals surface area contributed by atoms with Gasteiger partial charge in [-0.1, -0.05) is 19.1 Å². The Bertz CT molecular complexity index is 1180. The van der Waals surface area contributed by atoms with Crippen LogP contribution in [0.15, 0.2) is 35.5 Å².